The van der Waals surface area contributed by atoms with Gasteiger partial charge < -0.3 is 5.32 Å². The molecule has 0 heterocycles. The first-order valence-electron chi connectivity index (χ1n) is 7.66. The summed E-state index contributed by atoms with van der Waals surface area (Å²) >= 11 is 0. The molecule has 0 unspecified atom stereocenters. The number of benzene rings is 2. The third-order valence-corrected chi connectivity index (χ3v) is 3.72. The average molecular weight is 334 g/mol. The second kappa shape index (κ2) is 7.00. The van der Waals surface area contributed by atoms with Gasteiger partial charge in [-0.15, -0.1) is 0 Å². The number of hydrogen-bond donors (Lipinski definition) is 1. The number of nitrogens with one attached hydrogen (secondary N) is 1. The van der Waals surface area contributed by atoms with Gasteiger partial charge in [-0.25, -0.2) is 4.99 Å². The summed E-state index contributed by atoms with van der Waals surface area (Å²) in [4.78, 5) is 52.4. The Labute approximate surface area is 143 Å². The number of nitrogens with zero attached hydrogens (tertiary/aromatic N) is 1. The number of amidine groups is 1. The van der Waals surface area contributed by atoms with E-state index in [0.717, 1.165) is 0 Å². The summed E-state index contributed by atoms with van der Waals surface area (Å²) in [5, 5.41) is 2.90. The summed E-state index contributed by atoms with van der Waals surface area (Å²) in [6.45, 7) is 0. The summed E-state index contributed by atoms with van der Waals surface area (Å²) in [7, 11) is 0. The highest BCUT2D eigenvalue weighted by atomic mass is 16.2. The predicted octanol–water partition coefficient (Wildman–Crippen LogP) is 2.12. The highest BCUT2D eigenvalue weighted by molar-refractivity contribution is 6.63. The molecular formula is C19H14N2O4. The minimum absolute atomic E-state index is 0.0335. The van der Waals surface area contributed by atoms with Crippen molar-refractivity contribution in [1.82, 2.24) is 0 Å². The van der Waals surface area contributed by atoms with Crippen LogP contribution in [0.2, 0.25) is 0 Å². The first-order chi connectivity index (χ1) is 12.1. The van der Waals surface area contributed by atoms with Gasteiger partial charge in [0.05, 0.1) is 12.1 Å². The van der Waals surface area contributed by atoms with Crippen molar-refractivity contribution in [2.24, 2.45) is 10.9 Å². The summed E-state index contributed by atoms with van der Waals surface area (Å²) in [6.07, 6.45) is -0.669. The van der Waals surface area contributed by atoms with Gasteiger partial charge in [-0.05, 0) is 24.3 Å². The first kappa shape index (κ1) is 16.4. The average Bonchev–Trinajstić information content (AvgIpc) is 2.62. The summed E-state index contributed by atoms with van der Waals surface area (Å²) in [5.74, 6) is -5.14. The van der Waals surface area contributed by atoms with Gasteiger partial charge in [0.2, 0.25) is 23.1 Å². The van der Waals surface area contributed by atoms with Crippen molar-refractivity contribution in [2.45, 2.75) is 6.42 Å². The van der Waals surface area contributed by atoms with E-state index in [2.05, 4.69) is 10.3 Å². The maximum atomic E-state index is 12.3. The van der Waals surface area contributed by atoms with Crippen LogP contribution in [0, 0.1) is 5.92 Å². The van der Waals surface area contributed by atoms with Crippen LogP contribution >= 0.6 is 0 Å². The van der Waals surface area contributed by atoms with Crippen LogP contribution in [0.4, 0.5) is 11.4 Å². The SMILES string of the molecule is O=C1CC(=O)C(=O)C(C(=Nc2ccccc2)Nc2ccccc2)C1=O. The third-order valence-electron chi connectivity index (χ3n) is 3.72. The van der Waals surface area contributed by atoms with Crippen LogP contribution in [-0.4, -0.2) is 29.0 Å². The van der Waals surface area contributed by atoms with E-state index in [1.165, 1.54) is 0 Å². The first-order valence-corrected chi connectivity index (χ1v) is 7.66. The molecule has 1 aliphatic rings. The van der Waals surface area contributed by atoms with E-state index in [4.69, 9.17) is 0 Å². The van der Waals surface area contributed by atoms with E-state index in [1.54, 1.807) is 54.6 Å². The van der Waals surface area contributed by atoms with Crippen molar-refractivity contribution >= 4 is 40.3 Å². The lowest BCUT2D eigenvalue weighted by Gasteiger charge is -2.20. The van der Waals surface area contributed by atoms with E-state index in [-0.39, 0.29) is 5.84 Å². The Morgan fingerprint density at radius 3 is 1.88 bits per heavy atom. The summed E-state index contributed by atoms with van der Waals surface area (Å²) < 4.78 is 0. The molecule has 0 amide bonds. The van der Waals surface area contributed by atoms with Crippen molar-refractivity contribution in [3.05, 3.63) is 60.7 Å². The molecular weight excluding hydrogens is 320 g/mol. The van der Waals surface area contributed by atoms with Crippen LogP contribution in [0.5, 0.6) is 0 Å². The van der Waals surface area contributed by atoms with Gasteiger partial charge in [-0.3, -0.25) is 19.2 Å². The van der Waals surface area contributed by atoms with Crippen LogP contribution in [-0.2, 0) is 19.2 Å². The molecule has 0 bridgehead atoms. The molecule has 0 radical (unpaired) electrons. The molecule has 3 rings (SSSR count). The summed E-state index contributed by atoms with van der Waals surface area (Å²) in [5.41, 5.74) is 1.08. The highest BCUT2D eigenvalue weighted by Crippen LogP contribution is 2.20. The molecule has 124 valence electrons. The van der Waals surface area contributed by atoms with E-state index in [9.17, 15) is 19.2 Å². The van der Waals surface area contributed by atoms with Gasteiger partial charge >= 0.3 is 0 Å². The van der Waals surface area contributed by atoms with E-state index >= 15 is 0 Å². The van der Waals surface area contributed by atoms with Gasteiger partial charge in [0.25, 0.3) is 0 Å². The second-order valence-corrected chi connectivity index (χ2v) is 5.51. The van der Waals surface area contributed by atoms with Crippen LogP contribution in [0.15, 0.2) is 65.7 Å². The minimum atomic E-state index is -1.53. The lowest BCUT2D eigenvalue weighted by molar-refractivity contribution is -0.150. The second-order valence-electron chi connectivity index (χ2n) is 5.51. The number of ketones is 4. The molecule has 1 N–H and O–H groups in total. The van der Waals surface area contributed by atoms with E-state index in [0.29, 0.717) is 11.4 Å². The van der Waals surface area contributed by atoms with Gasteiger partial charge in [0.15, 0.2) is 0 Å². The fraction of sp³-hybridized carbons (Fsp3) is 0.105. The van der Waals surface area contributed by atoms with Crippen molar-refractivity contribution in [3.63, 3.8) is 0 Å². The normalized spacial score (nSPS) is 16.2. The molecule has 1 aliphatic carbocycles. The molecule has 2 aromatic rings. The zero-order valence-corrected chi connectivity index (χ0v) is 13.1. The van der Waals surface area contributed by atoms with E-state index in [1.807, 2.05) is 6.07 Å². The smallest absolute Gasteiger partial charge is 0.217 e. The third kappa shape index (κ3) is 3.58. The summed E-state index contributed by atoms with van der Waals surface area (Å²) in [6, 6.07) is 17.5. The van der Waals surface area contributed by atoms with Crippen LogP contribution < -0.4 is 5.32 Å². The fourth-order valence-corrected chi connectivity index (χ4v) is 2.49. The maximum Gasteiger partial charge on any atom is 0.217 e. The lowest BCUT2D eigenvalue weighted by atomic mass is 9.84. The Balaban J connectivity index is 2.05. The van der Waals surface area contributed by atoms with Crippen molar-refractivity contribution in [2.75, 3.05) is 5.32 Å². The number of carbonyl (C=O) groups is 4. The highest BCUT2D eigenvalue weighted by Gasteiger charge is 2.44. The molecule has 1 saturated carbocycles. The number of Topliss-reactive ketones (excluding diaryl/α,β-unsaturated/α-hetero) is 4. The monoisotopic (exact) mass is 334 g/mol. The molecule has 0 atom stereocenters. The number of carbonyl (C=O) groups excluding carboxylic acids is 4. The number of hydrogen-bond acceptors (Lipinski definition) is 5. The Morgan fingerprint density at radius 1 is 0.800 bits per heavy atom. The Bertz CT molecular complexity index is 847. The quantitative estimate of drug-likeness (QED) is 0.402. The molecule has 0 spiro atoms. The molecule has 6 heteroatoms. The van der Waals surface area contributed by atoms with Gasteiger partial charge in [0, 0.05) is 5.69 Å². The minimum Gasteiger partial charge on any atom is -0.343 e. The molecule has 2 aromatic carbocycles. The Kier molecular flexibility index (Phi) is 4.61. The number of anilines is 1. The van der Waals surface area contributed by atoms with Gasteiger partial charge in [-0.2, -0.15) is 0 Å². The number of para-hydroxylation sites is 2. The van der Waals surface area contributed by atoms with E-state index < -0.39 is 35.5 Å². The van der Waals surface area contributed by atoms with Crippen LogP contribution in [0.3, 0.4) is 0 Å². The fourth-order valence-electron chi connectivity index (χ4n) is 2.49. The number of aliphatic imine (C=N–C) groups is 1. The predicted molar refractivity (Wildman–Crippen MR) is 91.7 cm³/mol. The molecule has 25 heavy (non-hydrogen) atoms. The van der Waals surface area contributed by atoms with Crippen molar-refractivity contribution in [1.29, 1.82) is 0 Å². The van der Waals surface area contributed by atoms with Gasteiger partial charge in [-0.1, -0.05) is 36.4 Å². The molecule has 0 aliphatic heterocycles. The molecule has 1 fully saturated rings. The molecule has 0 aromatic heterocycles. The number of rotatable bonds is 3. The van der Waals surface area contributed by atoms with Gasteiger partial charge in [0.1, 0.15) is 11.8 Å². The standard InChI is InChI=1S/C19H14N2O4/c22-14-11-15(23)18(25)16(17(14)24)19(20-12-7-3-1-4-8-12)21-13-9-5-2-6-10-13/h1-10,16H,11H2,(H,20,21). The molecule has 0 saturated heterocycles. The Hall–Kier alpha value is -3.41. The zero-order chi connectivity index (χ0) is 17.8. The topological polar surface area (TPSA) is 92.7 Å². The maximum absolute atomic E-state index is 12.3. The van der Waals surface area contributed by atoms with Crippen molar-refractivity contribution in [3.8, 4) is 0 Å². The van der Waals surface area contributed by atoms with Crippen LogP contribution in [0.25, 0.3) is 0 Å². The largest absolute Gasteiger partial charge is 0.343 e. The zero-order valence-electron chi connectivity index (χ0n) is 13.1. The van der Waals surface area contributed by atoms with Crippen molar-refractivity contribution < 1.29 is 19.2 Å². The van der Waals surface area contributed by atoms with Crippen LogP contribution in [0.1, 0.15) is 6.42 Å². The lowest BCUT2D eigenvalue weighted by Crippen LogP contribution is -2.47. The Morgan fingerprint density at radius 2 is 1.32 bits per heavy atom. The molecule has 6 nitrogen and oxygen atoms in total.